The van der Waals surface area contributed by atoms with Crippen LogP contribution in [0.1, 0.15) is 38.7 Å². The molecule has 0 spiro atoms. The summed E-state index contributed by atoms with van der Waals surface area (Å²) in [7, 11) is 1.84. The smallest absolute Gasteiger partial charge is 0.255 e. The molecule has 2 saturated heterocycles. The van der Waals surface area contributed by atoms with Gasteiger partial charge in [-0.15, -0.1) is 0 Å². The van der Waals surface area contributed by atoms with Crippen molar-refractivity contribution >= 4 is 34.4 Å². The van der Waals surface area contributed by atoms with Gasteiger partial charge in [0.25, 0.3) is 5.91 Å². The van der Waals surface area contributed by atoms with E-state index in [4.69, 9.17) is 0 Å². The van der Waals surface area contributed by atoms with Gasteiger partial charge in [-0.3, -0.25) is 9.78 Å². The second-order valence-corrected chi connectivity index (χ2v) is 8.81. The predicted octanol–water partition coefficient (Wildman–Crippen LogP) is 5.67. The lowest BCUT2D eigenvalue weighted by Gasteiger charge is -2.31. The highest BCUT2D eigenvalue weighted by Crippen LogP contribution is 2.32. The van der Waals surface area contributed by atoms with Crippen LogP contribution in [0, 0.1) is 0 Å². The molecule has 2 N–H and O–H groups in total. The summed E-state index contributed by atoms with van der Waals surface area (Å²) in [5, 5.41) is 6.11. The van der Waals surface area contributed by atoms with E-state index < -0.39 is 0 Å². The van der Waals surface area contributed by atoms with Crippen LogP contribution in [-0.4, -0.2) is 49.1 Å². The Morgan fingerprint density at radius 1 is 0.889 bits per heavy atom. The standard InChI is InChI=1S/C27H30N6O.C2H6/c1-19(27(34)31-22-7-9-26(30-17-22)33-12-5-13-33)24-15-20(6-8-25(24)28-2)21-14-23(18-29-16-21)32-10-3-4-11-32;1-2/h6-9,14-18,28H,1,3-5,10-13H2,2H3,(H,31,34);1-2H3. The molecule has 0 bridgehead atoms. The van der Waals surface area contributed by atoms with Crippen molar-refractivity contribution in [2.75, 3.05) is 53.7 Å². The second-order valence-electron chi connectivity index (χ2n) is 8.81. The quantitative estimate of drug-likeness (QED) is 0.421. The van der Waals surface area contributed by atoms with Gasteiger partial charge in [0.1, 0.15) is 5.82 Å². The predicted molar refractivity (Wildman–Crippen MR) is 151 cm³/mol. The third-order valence-corrected chi connectivity index (χ3v) is 6.60. The zero-order valence-electron chi connectivity index (χ0n) is 21.6. The maximum Gasteiger partial charge on any atom is 0.255 e. The molecule has 7 heteroatoms. The molecular formula is C29H36N6O. The van der Waals surface area contributed by atoms with Crippen molar-refractivity contribution in [1.82, 2.24) is 9.97 Å². The van der Waals surface area contributed by atoms with Gasteiger partial charge in [-0.05, 0) is 55.2 Å². The zero-order chi connectivity index (χ0) is 25.5. The minimum Gasteiger partial charge on any atom is -0.388 e. The van der Waals surface area contributed by atoms with Gasteiger partial charge in [0.05, 0.1) is 23.8 Å². The lowest BCUT2D eigenvalue weighted by molar-refractivity contribution is -0.111. The van der Waals surface area contributed by atoms with E-state index in [1.807, 2.05) is 63.6 Å². The maximum atomic E-state index is 13.0. The van der Waals surface area contributed by atoms with Crippen LogP contribution in [0.3, 0.4) is 0 Å². The van der Waals surface area contributed by atoms with Crippen molar-refractivity contribution in [3.8, 4) is 11.1 Å². The van der Waals surface area contributed by atoms with E-state index in [-0.39, 0.29) is 5.91 Å². The van der Waals surface area contributed by atoms with E-state index in [0.717, 1.165) is 60.1 Å². The van der Waals surface area contributed by atoms with Crippen LogP contribution in [0.15, 0.2) is 61.6 Å². The molecule has 188 valence electrons. The molecule has 7 nitrogen and oxygen atoms in total. The molecule has 2 fully saturated rings. The number of carbonyl (C=O) groups is 1. The first kappa shape index (κ1) is 25.2. The van der Waals surface area contributed by atoms with E-state index in [1.54, 1.807) is 6.20 Å². The van der Waals surface area contributed by atoms with Crippen molar-refractivity contribution in [3.63, 3.8) is 0 Å². The minimum absolute atomic E-state index is 0.254. The van der Waals surface area contributed by atoms with Crippen molar-refractivity contribution in [1.29, 1.82) is 0 Å². The Kier molecular flexibility index (Phi) is 8.21. The van der Waals surface area contributed by atoms with E-state index in [2.05, 4.69) is 43.0 Å². The molecular weight excluding hydrogens is 448 g/mol. The SMILES string of the molecule is C=C(C(=O)Nc1ccc(N2CCC2)nc1)c1cc(-c2cncc(N3CCCC3)c2)ccc1NC.CC. The van der Waals surface area contributed by atoms with E-state index in [9.17, 15) is 4.79 Å². The van der Waals surface area contributed by atoms with Crippen LogP contribution < -0.4 is 20.4 Å². The fraction of sp³-hybridized carbons (Fsp3) is 0.345. The first-order valence-corrected chi connectivity index (χ1v) is 12.9. The average molecular weight is 485 g/mol. The Balaban J connectivity index is 0.00000148. The number of hydrogen-bond acceptors (Lipinski definition) is 6. The van der Waals surface area contributed by atoms with Crippen molar-refractivity contribution in [2.45, 2.75) is 33.1 Å². The van der Waals surface area contributed by atoms with E-state index >= 15 is 0 Å². The Labute approximate surface area is 214 Å². The molecule has 2 aromatic heterocycles. The maximum absolute atomic E-state index is 13.0. The second kappa shape index (κ2) is 11.7. The van der Waals surface area contributed by atoms with Gasteiger partial charge in [0, 0.05) is 61.8 Å². The van der Waals surface area contributed by atoms with Crippen LogP contribution in [0.5, 0.6) is 0 Å². The van der Waals surface area contributed by atoms with Crippen LogP contribution >= 0.6 is 0 Å². The highest BCUT2D eigenvalue weighted by Gasteiger charge is 2.18. The molecule has 0 unspecified atom stereocenters. The molecule has 1 aromatic carbocycles. The van der Waals surface area contributed by atoms with E-state index in [0.29, 0.717) is 11.3 Å². The van der Waals surface area contributed by atoms with Crippen molar-refractivity contribution in [3.05, 3.63) is 67.1 Å². The van der Waals surface area contributed by atoms with Gasteiger partial charge in [-0.25, -0.2) is 4.98 Å². The molecule has 3 aromatic rings. The number of nitrogens with one attached hydrogen (secondary N) is 2. The summed E-state index contributed by atoms with van der Waals surface area (Å²) in [6.07, 6.45) is 9.12. The summed E-state index contributed by atoms with van der Waals surface area (Å²) >= 11 is 0. The Morgan fingerprint density at radius 2 is 1.64 bits per heavy atom. The van der Waals surface area contributed by atoms with Gasteiger partial charge >= 0.3 is 0 Å². The largest absolute Gasteiger partial charge is 0.388 e. The fourth-order valence-electron chi connectivity index (χ4n) is 4.45. The number of aromatic nitrogens is 2. The highest BCUT2D eigenvalue weighted by atomic mass is 16.1. The molecule has 0 radical (unpaired) electrons. The van der Waals surface area contributed by atoms with Gasteiger partial charge in [0.2, 0.25) is 0 Å². The average Bonchev–Trinajstić information content (AvgIpc) is 3.44. The number of nitrogens with zero attached hydrogens (tertiary/aromatic N) is 4. The number of hydrogen-bond donors (Lipinski definition) is 2. The minimum atomic E-state index is -0.254. The zero-order valence-corrected chi connectivity index (χ0v) is 21.6. The molecule has 2 aliphatic rings. The Bertz CT molecular complexity index is 1200. The molecule has 36 heavy (non-hydrogen) atoms. The van der Waals surface area contributed by atoms with Crippen LogP contribution in [0.2, 0.25) is 0 Å². The Morgan fingerprint density at radius 3 is 2.28 bits per heavy atom. The van der Waals surface area contributed by atoms with Gasteiger partial charge in [0.15, 0.2) is 0 Å². The summed E-state index contributed by atoms with van der Waals surface area (Å²) in [6, 6.07) is 12.0. The number of anilines is 4. The van der Waals surface area contributed by atoms with Crippen molar-refractivity contribution in [2.24, 2.45) is 0 Å². The number of rotatable bonds is 7. The number of carbonyl (C=O) groups excluding carboxylic acids is 1. The monoisotopic (exact) mass is 484 g/mol. The van der Waals surface area contributed by atoms with Crippen molar-refractivity contribution < 1.29 is 4.79 Å². The summed E-state index contributed by atoms with van der Waals surface area (Å²) in [5.74, 6) is 0.689. The molecule has 0 saturated carbocycles. The molecule has 4 heterocycles. The molecule has 0 atom stereocenters. The summed E-state index contributed by atoms with van der Waals surface area (Å²) in [4.78, 5) is 26.6. The van der Waals surface area contributed by atoms with Crippen LogP contribution in [0.25, 0.3) is 16.7 Å². The lowest BCUT2D eigenvalue weighted by Crippen LogP contribution is -2.37. The Hall–Kier alpha value is -3.87. The third-order valence-electron chi connectivity index (χ3n) is 6.60. The molecule has 0 aliphatic carbocycles. The summed E-state index contributed by atoms with van der Waals surface area (Å²) in [6.45, 7) is 12.3. The first-order valence-electron chi connectivity index (χ1n) is 12.9. The number of benzene rings is 1. The number of pyridine rings is 2. The highest BCUT2D eigenvalue weighted by molar-refractivity contribution is 6.25. The fourth-order valence-corrected chi connectivity index (χ4v) is 4.45. The van der Waals surface area contributed by atoms with Gasteiger partial charge in [-0.2, -0.15) is 0 Å². The van der Waals surface area contributed by atoms with Crippen LogP contribution in [-0.2, 0) is 4.79 Å². The van der Waals surface area contributed by atoms with Gasteiger partial charge in [-0.1, -0.05) is 26.5 Å². The lowest BCUT2D eigenvalue weighted by atomic mass is 9.98. The molecule has 2 aliphatic heterocycles. The summed E-state index contributed by atoms with van der Waals surface area (Å²) in [5.41, 5.74) is 5.80. The normalized spacial score (nSPS) is 14.4. The molecule has 1 amide bonds. The van der Waals surface area contributed by atoms with Gasteiger partial charge < -0.3 is 20.4 Å². The summed E-state index contributed by atoms with van der Waals surface area (Å²) < 4.78 is 0. The number of amides is 1. The van der Waals surface area contributed by atoms with E-state index in [1.165, 1.54) is 19.3 Å². The first-order chi connectivity index (χ1) is 17.6. The topological polar surface area (TPSA) is 73.4 Å². The van der Waals surface area contributed by atoms with Crippen LogP contribution in [0.4, 0.5) is 22.9 Å². The third kappa shape index (κ3) is 5.51. The molecule has 5 rings (SSSR count).